The highest BCUT2D eigenvalue weighted by Gasteiger charge is 2.26. The Hall–Kier alpha value is -0.530. The van der Waals surface area contributed by atoms with Gasteiger partial charge >= 0.3 is 0 Å². The second kappa shape index (κ2) is 5.38. The van der Waals surface area contributed by atoms with Crippen molar-refractivity contribution in [3.05, 3.63) is 0 Å². The molecule has 0 aliphatic carbocycles. The summed E-state index contributed by atoms with van der Waals surface area (Å²) in [6.45, 7) is 12.6. The average Bonchev–Trinajstić information content (AvgIpc) is 2.01. The van der Waals surface area contributed by atoms with Crippen LogP contribution in [0.15, 0.2) is 0 Å². The lowest BCUT2D eigenvalue weighted by atomic mass is 9.91. The van der Waals surface area contributed by atoms with Gasteiger partial charge in [-0.15, -0.1) is 0 Å². The highest BCUT2D eigenvalue weighted by atomic mass is 16.2. The summed E-state index contributed by atoms with van der Waals surface area (Å²) in [6, 6.07) is 0.352. The first kappa shape index (κ1) is 13.5. The number of amides is 1. The molecule has 0 unspecified atom stereocenters. The second-order valence-electron chi connectivity index (χ2n) is 5.08. The molecule has 0 aromatic heterocycles. The minimum Gasteiger partial charge on any atom is -0.342 e. The van der Waals surface area contributed by atoms with Gasteiger partial charge < -0.3 is 4.90 Å². The SMILES string of the molecule is CC(C)C(=O)N(C)C(C(C)C)C(C)C. The van der Waals surface area contributed by atoms with E-state index in [1.807, 2.05) is 25.8 Å². The number of nitrogens with zero attached hydrogens (tertiary/aromatic N) is 1. The number of carbonyl (C=O) groups is 1. The summed E-state index contributed by atoms with van der Waals surface area (Å²) >= 11 is 0. The third-order valence-corrected chi connectivity index (χ3v) is 2.65. The maximum atomic E-state index is 11.8. The zero-order valence-electron chi connectivity index (χ0n) is 10.7. The van der Waals surface area contributed by atoms with Gasteiger partial charge in [0.05, 0.1) is 0 Å². The second-order valence-corrected chi connectivity index (χ2v) is 5.08. The predicted molar refractivity (Wildman–Crippen MR) is 61.1 cm³/mol. The van der Waals surface area contributed by atoms with Crippen molar-refractivity contribution in [1.82, 2.24) is 4.90 Å². The molecule has 1 amide bonds. The van der Waals surface area contributed by atoms with E-state index in [0.29, 0.717) is 17.9 Å². The smallest absolute Gasteiger partial charge is 0.225 e. The molecule has 0 radical (unpaired) electrons. The summed E-state index contributed by atoms with van der Waals surface area (Å²) in [5.41, 5.74) is 0. The molecule has 14 heavy (non-hydrogen) atoms. The molecule has 0 atom stereocenters. The molecule has 84 valence electrons. The lowest BCUT2D eigenvalue weighted by Crippen LogP contribution is -2.45. The third-order valence-electron chi connectivity index (χ3n) is 2.65. The average molecular weight is 199 g/mol. The summed E-state index contributed by atoms with van der Waals surface area (Å²) in [4.78, 5) is 13.7. The van der Waals surface area contributed by atoms with Crippen LogP contribution in [0.2, 0.25) is 0 Å². The molecular formula is C12H25NO. The lowest BCUT2D eigenvalue weighted by molar-refractivity contribution is -0.137. The lowest BCUT2D eigenvalue weighted by Gasteiger charge is -2.35. The fourth-order valence-electron chi connectivity index (χ4n) is 2.22. The van der Waals surface area contributed by atoms with E-state index in [4.69, 9.17) is 0 Å². The molecule has 2 nitrogen and oxygen atoms in total. The van der Waals surface area contributed by atoms with Crippen molar-refractivity contribution >= 4 is 5.91 Å². The quantitative estimate of drug-likeness (QED) is 0.682. The van der Waals surface area contributed by atoms with E-state index in [2.05, 4.69) is 27.7 Å². The third kappa shape index (κ3) is 3.32. The largest absolute Gasteiger partial charge is 0.342 e. The van der Waals surface area contributed by atoms with Gasteiger partial charge in [-0.25, -0.2) is 0 Å². The molecule has 0 heterocycles. The zero-order valence-corrected chi connectivity index (χ0v) is 10.7. The van der Waals surface area contributed by atoms with Crippen LogP contribution in [0.4, 0.5) is 0 Å². The van der Waals surface area contributed by atoms with E-state index in [-0.39, 0.29) is 11.8 Å². The Labute approximate surface area is 88.7 Å². The highest BCUT2D eigenvalue weighted by Crippen LogP contribution is 2.19. The molecule has 0 N–H and O–H groups in total. The summed E-state index contributed by atoms with van der Waals surface area (Å²) in [7, 11) is 1.92. The van der Waals surface area contributed by atoms with Crippen molar-refractivity contribution in [2.75, 3.05) is 7.05 Å². The summed E-state index contributed by atoms with van der Waals surface area (Å²) in [5, 5.41) is 0. The molecule has 0 saturated heterocycles. The van der Waals surface area contributed by atoms with Gasteiger partial charge in [0.25, 0.3) is 0 Å². The fraction of sp³-hybridized carbons (Fsp3) is 0.917. The molecule has 0 aromatic rings. The van der Waals surface area contributed by atoms with Gasteiger partial charge in [0.1, 0.15) is 0 Å². The van der Waals surface area contributed by atoms with Crippen LogP contribution in [-0.4, -0.2) is 23.9 Å². The van der Waals surface area contributed by atoms with Crippen molar-refractivity contribution in [2.45, 2.75) is 47.6 Å². The van der Waals surface area contributed by atoms with Crippen LogP contribution in [-0.2, 0) is 4.79 Å². The van der Waals surface area contributed by atoms with E-state index in [1.165, 1.54) is 0 Å². The number of rotatable bonds is 4. The van der Waals surface area contributed by atoms with Crippen LogP contribution in [0.1, 0.15) is 41.5 Å². The first-order valence-electron chi connectivity index (χ1n) is 5.55. The normalized spacial score (nSPS) is 11.9. The van der Waals surface area contributed by atoms with Crippen LogP contribution < -0.4 is 0 Å². The number of hydrogen-bond acceptors (Lipinski definition) is 1. The van der Waals surface area contributed by atoms with E-state index < -0.39 is 0 Å². The van der Waals surface area contributed by atoms with Crippen LogP contribution in [0, 0.1) is 17.8 Å². The van der Waals surface area contributed by atoms with Crippen molar-refractivity contribution in [3.63, 3.8) is 0 Å². The molecular weight excluding hydrogens is 174 g/mol. The van der Waals surface area contributed by atoms with Gasteiger partial charge in [-0.1, -0.05) is 41.5 Å². The highest BCUT2D eigenvalue weighted by molar-refractivity contribution is 5.78. The topological polar surface area (TPSA) is 20.3 Å². The Morgan fingerprint density at radius 1 is 0.929 bits per heavy atom. The van der Waals surface area contributed by atoms with Crippen LogP contribution in [0.3, 0.4) is 0 Å². The number of hydrogen-bond donors (Lipinski definition) is 0. The molecule has 0 fully saturated rings. The van der Waals surface area contributed by atoms with Gasteiger partial charge in [0.15, 0.2) is 0 Å². The molecule has 0 aliphatic heterocycles. The Morgan fingerprint density at radius 3 is 1.50 bits per heavy atom. The predicted octanol–water partition coefficient (Wildman–Crippen LogP) is 2.78. The van der Waals surface area contributed by atoms with Crippen molar-refractivity contribution in [2.24, 2.45) is 17.8 Å². The van der Waals surface area contributed by atoms with E-state index in [1.54, 1.807) is 0 Å². The van der Waals surface area contributed by atoms with Gasteiger partial charge in [0.2, 0.25) is 5.91 Å². The molecule has 0 rings (SSSR count). The summed E-state index contributed by atoms with van der Waals surface area (Å²) in [5.74, 6) is 1.38. The number of carbonyl (C=O) groups excluding carboxylic acids is 1. The van der Waals surface area contributed by atoms with Crippen molar-refractivity contribution in [3.8, 4) is 0 Å². The summed E-state index contributed by atoms with van der Waals surface area (Å²) < 4.78 is 0. The van der Waals surface area contributed by atoms with Crippen LogP contribution in [0.5, 0.6) is 0 Å². The van der Waals surface area contributed by atoms with E-state index in [9.17, 15) is 4.79 Å². The maximum Gasteiger partial charge on any atom is 0.225 e. The Kier molecular flexibility index (Phi) is 5.17. The molecule has 0 aromatic carbocycles. The van der Waals surface area contributed by atoms with E-state index >= 15 is 0 Å². The molecule has 0 spiro atoms. The molecule has 0 saturated carbocycles. The first-order valence-corrected chi connectivity index (χ1v) is 5.55. The van der Waals surface area contributed by atoms with Gasteiger partial charge in [-0.3, -0.25) is 4.79 Å². The van der Waals surface area contributed by atoms with Crippen LogP contribution >= 0.6 is 0 Å². The van der Waals surface area contributed by atoms with Crippen molar-refractivity contribution < 1.29 is 4.79 Å². The summed E-state index contributed by atoms with van der Waals surface area (Å²) in [6.07, 6.45) is 0. The minimum atomic E-state index is 0.0972. The Bertz CT molecular complexity index is 177. The first-order chi connectivity index (χ1) is 6.29. The minimum absolute atomic E-state index is 0.0972. The molecule has 0 aliphatic rings. The maximum absolute atomic E-state index is 11.8. The zero-order chi connectivity index (χ0) is 11.5. The monoisotopic (exact) mass is 199 g/mol. The van der Waals surface area contributed by atoms with E-state index in [0.717, 1.165) is 0 Å². The van der Waals surface area contributed by atoms with Gasteiger partial charge in [-0.2, -0.15) is 0 Å². The molecule has 2 heteroatoms. The van der Waals surface area contributed by atoms with Gasteiger partial charge in [0, 0.05) is 19.0 Å². The van der Waals surface area contributed by atoms with Crippen LogP contribution in [0.25, 0.3) is 0 Å². The van der Waals surface area contributed by atoms with Crippen molar-refractivity contribution in [1.29, 1.82) is 0 Å². The standard InChI is InChI=1S/C12H25NO/c1-8(2)11(9(3)4)13(7)12(14)10(5)6/h8-11H,1-7H3. The Balaban J connectivity index is 4.60. The fourth-order valence-corrected chi connectivity index (χ4v) is 2.22. The molecule has 0 bridgehead atoms. The Morgan fingerprint density at radius 2 is 1.29 bits per heavy atom. The van der Waals surface area contributed by atoms with Gasteiger partial charge in [-0.05, 0) is 11.8 Å².